The van der Waals surface area contributed by atoms with Gasteiger partial charge in [-0.25, -0.2) is 18.7 Å². The lowest BCUT2D eigenvalue weighted by Crippen LogP contribution is -2.39. The number of halogens is 1. The van der Waals surface area contributed by atoms with Crippen molar-refractivity contribution in [1.82, 2.24) is 18.7 Å². The Morgan fingerprint density at radius 2 is 1.82 bits per heavy atom. The Morgan fingerprint density at radius 1 is 1.07 bits per heavy atom. The first-order valence-corrected chi connectivity index (χ1v) is 9.01. The number of aryl methyl sites for hydroxylation is 1. The molecule has 0 amide bonds. The van der Waals surface area contributed by atoms with Crippen molar-refractivity contribution in [3.05, 3.63) is 92.6 Å². The first kappa shape index (κ1) is 17.9. The monoisotopic (exact) mass is 378 g/mol. The fraction of sp³-hybridized carbons (Fsp3) is 0.190. The normalized spacial score (nSPS) is 11.2. The van der Waals surface area contributed by atoms with Gasteiger partial charge in [0.15, 0.2) is 11.2 Å². The number of imidazole rings is 1. The van der Waals surface area contributed by atoms with E-state index in [1.54, 1.807) is 23.9 Å². The highest BCUT2D eigenvalue weighted by atomic mass is 19.1. The topological polar surface area (TPSA) is 61.8 Å². The van der Waals surface area contributed by atoms with Crippen LogP contribution < -0.4 is 11.2 Å². The zero-order chi connectivity index (χ0) is 19.8. The van der Waals surface area contributed by atoms with Gasteiger partial charge in [0.1, 0.15) is 5.82 Å². The summed E-state index contributed by atoms with van der Waals surface area (Å²) in [7, 11) is 0. The molecule has 0 spiro atoms. The van der Waals surface area contributed by atoms with Gasteiger partial charge in [-0.05, 0) is 37.6 Å². The molecule has 2 aromatic heterocycles. The van der Waals surface area contributed by atoms with Crippen LogP contribution in [-0.4, -0.2) is 18.7 Å². The number of fused-ring (bicyclic) bond motifs is 1. The molecular weight excluding hydrogens is 359 g/mol. The Balaban J connectivity index is 1.98. The number of aromatic nitrogens is 4. The SMILES string of the molecule is CCn1c(=O)c2c(ncn2Cc2ccc(C)cc2)n(-c2cccc(F)c2)c1=O. The summed E-state index contributed by atoms with van der Waals surface area (Å²) in [5.41, 5.74) is 2.08. The third-order valence-corrected chi connectivity index (χ3v) is 4.76. The van der Waals surface area contributed by atoms with Gasteiger partial charge < -0.3 is 4.57 Å². The lowest BCUT2D eigenvalue weighted by atomic mass is 10.1. The fourth-order valence-corrected chi connectivity index (χ4v) is 3.32. The molecule has 0 aliphatic heterocycles. The van der Waals surface area contributed by atoms with Gasteiger partial charge in [-0.2, -0.15) is 0 Å². The van der Waals surface area contributed by atoms with Crippen LogP contribution in [-0.2, 0) is 13.1 Å². The first-order valence-electron chi connectivity index (χ1n) is 9.01. The molecule has 0 unspecified atom stereocenters. The molecule has 2 heterocycles. The van der Waals surface area contributed by atoms with Gasteiger partial charge in [-0.1, -0.05) is 35.9 Å². The van der Waals surface area contributed by atoms with Gasteiger partial charge in [-0.3, -0.25) is 9.36 Å². The van der Waals surface area contributed by atoms with Crippen molar-refractivity contribution in [3.8, 4) is 5.69 Å². The summed E-state index contributed by atoms with van der Waals surface area (Å²) in [6.45, 7) is 4.38. The van der Waals surface area contributed by atoms with Crippen molar-refractivity contribution in [3.63, 3.8) is 0 Å². The number of nitrogens with zero attached hydrogens (tertiary/aromatic N) is 4. The van der Waals surface area contributed by atoms with E-state index in [2.05, 4.69) is 4.98 Å². The third kappa shape index (κ3) is 2.94. The molecule has 6 nitrogen and oxygen atoms in total. The van der Waals surface area contributed by atoms with Gasteiger partial charge in [0, 0.05) is 13.1 Å². The second-order valence-corrected chi connectivity index (χ2v) is 6.68. The van der Waals surface area contributed by atoms with E-state index in [0.29, 0.717) is 17.7 Å². The van der Waals surface area contributed by atoms with E-state index in [1.807, 2.05) is 31.2 Å². The lowest BCUT2D eigenvalue weighted by molar-refractivity contribution is 0.623. The largest absolute Gasteiger partial charge is 0.337 e. The highest BCUT2D eigenvalue weighted by Crippen LogP contribution is 2.15. The number of hydrogen-bond acceptors (Lipinski definition) is 3. The second-order valence-electron chi connectivity index (χ2n) is 6.68. The molecule has 0 aliphatic rings. The quantitative estimate of drug-likeness (QED) is 0.549. The molecule has 7 heteroatoms. The van der Waals surface area contributed by atoms with Gasteiger partial charge >= 0.3 is 5.69 Å². The predicted octanol–water partition coefficient (Wildman–Crippen LogP) is 2.86. The van der Waals surface area contributed by atoms with Crippen LogP contribution in [0.3, 0.4) is 0 Å². The molecule has 0 atom stereocenters. The third-order valence-electron chi connectivity index (χ3n) is 4.76. The van der Waals surface area contributed by atoms with Crippen LogP contribution >= 0.6 is 0 Å². The molecule has 28 heavy (non-hydrogen) atoms. The molecule has 0 radical (unpaired) electrons. The van der Waals surface area contributed by atoms with Crippen LogP contribution in [0.2, 0.25) is 0 Å². The summed E-state index contributed by atoms with van der Waals surface area (Å²) in [5.74, 6) is -0.467. The van der Waals surface area contributed by atoms with Crippen LogP contribution in [0, 0.1) is 12.7 Å². The average Bonchev–Trinajstić information content (AvgIpc) is 3.08. The van der Waals surface area contributed by atoms with E-state index in [9.17, 15) is 14.0 Å². The molecular formula is C21H19FN4O2. The van der Waals surface area contributed by atoms with Crippen molar-refractivity contribution < 1.29 is 4.39 Å². The second kappa shape index (κ2) is 6.92. The smallest absolute Gasteiger partial charge is 0.320 e. The Labute approximate surface area is 160 Å². The number of benzene rings is 2. The summed E-state index contributed by atoms with van der Waals surface area (Å²) in [6.07, 6.45) is 1.54. The summed E-state index contributed by atoms with van der Waals surface area (Å²) >= 11 is 0. The van der Waals surface area contributed by atoms with Gasteiger partial charge in [-0.15, -0.1) is 0 Å². The van der Waals surface area contributed by atoms with E-state index < -0.39 is 17.1 Å². The fourth-order valence-electron chi connectivity index (χ4n) is 3.32. The zero-order valence-corrected chi connectivity index (χ0v) is 15.6. The van der Waals surface area contributed by atoms with Crippen molar-refractivity contribution >= 4 is 11.2 Å². The highest BCUT2D eigenvalue weighted by Gasteiger charge is 2.18. The van der Waals surface area contributed by atoms with Gasteiger partial charge in [0.05, 0.1) is 12.0 Å². The van der Waals surface area contributed by atoms with E-state index in [1.165, 1.54) is 22.8 Å². The molecule has 0 fully saturated rings. The molecule has 0 saturated heterocycles. The van der Waals surface area contributed by atoms with Crippen molar-refractivity contribution in [2.45, 2.75) is 26.9 Å². The maximum Gasteiger partial charge on any atom is 0.337 e. The zero-order valence-electron chi connectivity index (χ0n) is 15.6. The van der Waals surface area contributed by atoms with Crippen molar-refractivity contribution in [1.29, 1.82) is 0 Å². The Hall–Kier alpha value is -3.48. The standard InChI is InChI=1S/C21H19FN4O2/c1-3-25-20(27)18-19(26(21(25)28)17-6-4-5-16(22)11-17)23-13-24(18)12-15-9-7-14(2)8-10-15/h4-11,13H,3,12H2,1-2H3. The van der Waals surface area contributed by atoms with Crippen LogP contribution in [0.25, 0.3) is 16.9 Å². The maximum atomic E-state index is 13.8. The molecule has 0 aliphatic carbocycles. The van der Waals surface area contributed by atoms with Crippen molar-refractivity contribution in [2.75, 3.05) is 0 Å². The van der Waals surface area contributed by atoms with E-state index in [0.717, 1.165) is 15.7 Å². The van der Waals surface area contributed by atoms with Crippen LogP contribution in [0.5, 0.6) is 0 Å². The van der Waals surface area contributed by atoms with Crippen molar-refractivity contribution in [2.24, 2.45) is 0 Å². The van der Waals surface area contributed by atoms with Crippen LogP contribution in [0.1, 0.15) is 18.1 Å². The molecule has 0 bridgehead atoms. The van der Waals surface area contributed by atoms with E-state index in [4.69, 9.17) is 0 Å². The number of rotatable bonds is 4. The van der Waals surface area contributed by atoms with E-state index in [-0.39, 0.29) is 12.2 Å². The summed E-state index contributed by atoms with van der Waals surface area (Å²) in [6, 6.07) is 13.7. The molecule has 0 N–H and O–H groups in total. The predicted molar refractivity (Wildman–Crippen MR) is 106 cm³/mol. The highest BCUT2D eigenvalue weighted by molar-refractivity contribution is 5.72. The maximum absolute atomic E-state index is 13.8. The minimum Gasteiger partial charge on any atom is -0.320 e. The Kier molecular flexibility index (Phi) is 4.43. The minimum atomic E-state index is -0.536. The minimum absolute atomic E-state index is 0.207. The molecule has 0 saturated carbocycles. The summed E-state index contributed by atoms with van der Waals surface area (Å²) < 4.78 is 17.9. The van der Waals surface area contributed by atoms with Crippen LogP contribution in [0.4, 0.5) is 4.39 Å². The first-order chi connectivity index (χ1) is 13.5. The molecule has 4 aromatic rings. The Bertz CT molecular complexity index is 1280. The molecule has 4 rings (SSSR count). The molecule has 2 aromatic carbocycles. The van der Waals surface area contributed by atoms with Gasteiger partial charge in [0.2, 0.25) is 0 Å². The lowest BCUT2D eigenvalue weighted by Gasteiger charge is -2.12. The summed E-state index contributed by atoms with van der Waals surface area (Å²) in [4.78, 5) is 30.2. The van der Waals surface area contributed by atoms with Crippen LogP contribution in [0.15, 0.2) is 64.4 Å². The van der Waals surface area contributed by atoms with Gasteiger partial charge in [0.25, 0.3) is 5.56 Å². The summed E-state index contributed by atoms with van der Waals surface area (Å²) in [5, 5.41) is 0. The molecule has 142 valence electrons. The Morgan fingerprint density at radius 3 is 2.50 bits per heavy atom. The average molecular weight is 378 g/mol. The number of hydrogen-bond donors (Lipinski definition) is 0. The van der Waals surface area contributed by atoms with E-state index >= 15 is 0 Å².